The number of nitrogens with one attached hydrogen (secondary N) is 1. The fourth-order valence-electron chi connectivity index (χ4n) is 3.85. The van der Waals surface area contributed by atoms with Gasteiger partial charge in [-0.15, -0.1) is 0 Å². The van der Waals surface area contributed by atoms with Gasteiger partial charge in [-0.05, 0) is 64.9 Å². The summed E-state index contributed by atoms with van der Waals surface area (Å²) in [5, 5.41) is 0. The fourth-order valence-corrected chi connectivity index (χ4v) is 4.41. The van der Waals surface area contributed by atoms with Crippen molar-refractivity contribution >= 4 is 27.4 Å². The third-order valence-electron chi connectivity index (χ3n) is 5.11. The first-order chi connectivity index (χ1) is 13.9. The predicted molar refractivity (Wildman–Crippen MR) is 119 cm³/mol. The molecule has 1 N–H and O–H groups in total. The molecule has 4 rings (SSSR count). The van der Waals surface area contributed by atoms with E-state index in [-0.39, 0.29) is 0 Å². The van der Waals surface area contributed by atoms with Crippen molar-refractivity contribution in [3.05, 3.63) is 94.5 Å². The van der Waals surface area contributed by atoms with Crippen LogP contribution in [0.3, 0.4) is 0 Å². The molecule has 3 aromatic rings. The summed E-state index contributed by atoms with van der Waals surface area (Å²) in [5.74, 6) is 0.691. The number of sulfonamides is 1. The highest BCUT2D eigenvalue weighted by Gasteiger charge is 2.18. The van der Waals surface area contributed by atoms with Gasteiger partial charge in [0.2, 0.25) is 10.0 Å². The molecule has 1 aliphatic carbocycles. The highest BCUT2D eigenvalue weighted by Crippen LogP contribution is 2.36. The molecule has 0 radical (unpaired) electrons. The van der Waals surface area contributed by atoms with Gasteiger partial charge in [0, 0.05) is 11.3 Å². The summed E-state index contributed by atoms with van der Waals surface area (Å²) in [6, 6.07) is 22.2. The zero-order chi connectivity index (χ0) is 20.4. The third-order valence-corrected chi connectivity index (χ3v) is 5.72. The first-order valence-electron chi connectivity index (χ1n) is 9.49. The standard InChI is InChI=1S/C24H23NO3S/c1-28-24-14-13-20(25-29(2,26)27)15-19(24)16-23-21-9-5-3-7-17(21)11-12-18-8-4-6-10-22(18)23/h3-10,13-16,25H,11-12H2,1-2H3. The van der Waals surface area contributed by atoms with Crippen LogP contribution in [-0.2, 0) is 22.9 Å². The summed E-state index contributed by atoms with van der Waals surface area (Å²) < 4.78 is 31.4. The van der Waals surface area contributed by atoms with Gasteiger partial charge >= 0.3 is 0 Å². The van der Waals surface area contributed by atoms with Crippen LogP contribution in [0.2, 0.25) is 0 Å². The van der Waals surface area contributed by atoms with Crippen LogP contribution in [0.4, 0.5) is 5.69 Å². The monoisotopic (exact) mass is 405 g/mol. The fraction of sp³-hybridized carbons (Fsp3) is 0.167. The van der Waals surface area contributed by atoms with E-state index in [1.54, 1.807) is 19.2 Å². The van der Waals surface area contributed by atoms with E-state index in [0.717, 1.165) is 30.2 Å². The lowest BCUT2D eigenvalue weighted by atomic mass is 9.92. The van der Waals surface area contributed by atoms with Crippen molar-refractivity contribution in [2.75, 3.05) is 18.1 Å². The predicted octanol–water partition coefficient (Wildman–Crippen LogP) is 4.75. The van der Waals surface area contributed by atoms with E-state index in [9.17, 15) is 8.42 Å². The van der Waals surface area contributed by atoms with Crippen LogP contribution in [0.5, 0.6) is 5.75 Å². The molecule has 148 valence electrons. The molecule has 0 fully saturated rings. The second-order valence-corrected chi connectivity index (χ2v) is 8.95. The summed E-state index contributed by atoms with van der Waals surface area (Å²) in [5.41, 5.74) is 7.45. The number of benzene rings is 3. The maximum Gasteiger partial charge on any atom is 0.229 e. The highest BCUT2D eigenvalue weighted by molar-refractivity contribution is 7.92. The maximum atomic E-state index is 11.7. The van der Waals surface area contributed by atoms with E-state index in [4.69, 9.17) is 4.74 Å². The normalized spacial score (nSPS) is 13.1. The number of methoxy groups -OCH3 is 1. The minimum atomic E-state index is -3.36. The smallest absolute Gasteiger partial charge is 0.229 e. The topological polar surface area (TPSA) is 55.4 Å². The molecule has 0 spiro atoms. The molecular weight excluding hydrogens is 382 g/mol. The van der Waals surface area contributed by atoms with E-state index in [1.807, 2.05) is 6.07 Å². The van der Waals surface area contributed by atoms with E-state index in [2.05, 4.69) is 59.3 Å². The Kier molecular flexibility index (Phi) is 5.16. The van der Waals surface area contributed by atoms with Crippen LogP contribution in [0, 0.1) is 0 Å². The molecule has 1 aliphatic rings. The molecule has 0 unspecified atom stereocenters. The number of anilines is 1. The molecular formula is C24H23NO3S. The zero-order valence-corrected chi connectivity index (χ0v) is 17.3. The average molecular weight is 406 g/mol. The molecule has 0 heterocycles. The summed E-state index contributed by atoms with van der Waals surface area (Å²) >= 11 is 0. The molecule has 0 bridgehead atoms. The van der Waals surface area contributed by atoms with Crippen molar-refractivity contribution in [2.45, 2.75) is 12.8 Å². The van der Waals surface area contributed by atoms with Gasteiger partial charge in [0.15, 0.2) is 0 Å². The third kappa shape index (κ3) is 4.20. The summed E-state index contributed by atoms with van der Waals surface area (Å²) in [6.45, 7) is 0. The molecule has 0 amide bonds. The molecule has 29 heavy (non-hydrogen) atoms. The molecule has 3 aromatic carbocycles. The second kappa shape index (κ2) is 7.76. The van der Waals surface area contributed by atoms with Crippen molar-refractivity contribution in [1.82, 2.24) is 0 Å². The lowest BCUT2D eigenvalue weighted by Gasteiger charge is -2.14. The Bertz CT molecular complexity index is 1150. The minimum absolute atomic E-state index is 0.510. The average Bonchev–Trinajstić information content (AvgIpc) is 2.85. The summed E-state index contributed by atoms with van der Waals surface area (Å²) in [6.07, 6.45) is 5.21. The Labute approximate surface area is 171 Å². The van der Waals surface area contributed by atoms with E-state index >= 15 is 0 Å². The van der Waals surface area contributed by atoms with Gasteiger partial charge < -0.3 is 4.74 Å². The number of ether oxygens (including phenoxy) is 1. The minimum Gasteiger partial charge on any atom is -0.496 e. The Hall–Kier alpha value is -3.05. The van der Waals surface area contributed by atoms with Gasteiger partial charge in [-0.2, -0.15) is 0 Å². The van der Waals surface area contributed by atoms with Gasteiger partial charge in [0.1, 0.15) is 5.75 Å². The lowest BCUT2D eigenvalue weighted by molar-refractivity contribution is 0.414. The van der Waals surface area contributed by atoms with Crippen LogP contribution in [0.25, 0.3) is 11.6 Å². The van der Waals surface area contributed by atoms with Crippen LogP contribution in [0.1, 0.15) is 27.8 Å². The van der Waals surface area contributed by atoms with E-state index < -0.39 is 10.0 Å². The van der Waals surface area contributed by atoms with Crippen LogP contribution in [0.15, 0.2) is 66.7 Å². The molecule has 0 saturated carbocycles. The molecule has 0 atom stereocenters. The zero-order valence-electron chi connectivity index (χ0n) is 16.5. The van der Waals surface area contributed by atoms with Gasteiger partial charge in [-0.1, -0.05) is 48.5 Å². The maximum absolute atomic E-state index is 11.7. The van der Waals surface area contributed by atoms with Crippen LogP contribution >= 0.6 is 0 Å². The molecule has 0 saturated heterocycles. The lowest BCUT2D eigenvalue weighted by Crippen LogP contribution is -2.09. The number of fused-ring (bicyclic) bond motifs is 2. The number of hydrogen-bond donors (Lipinski definition) is 1. The molecule has 5 heteroatoms. The second-order valence-electron chi connectivity index (χ2n) is 7.20. The first-order valence-corrected chi connectivity index (χ1v) is 11.4. The van der Waals surface area contributed by atoms with Gasteiger partial charge in [-0.25, -0.2) is 8.42 Å². The van der Waals surface area contributed by atoms with Gasteiger partial charge in [0.25, 0.3) is 0 Å². The van der Waals surface area contributed by atoms with Gasteiger partial charge in [0.05, 0.1) is 13.4 Å². The number of hydrogen-bond acceptors (Lipinski definition) is 3. The van der Waals surface area contributed by atoms with Crippen molar-refractivity contribution in [3.63, 3.8) is 0 Å². The van der Waals surface area contributed by atoms with E-state index in [0.29, 0.717) is 11.4 Å². The molecule has 0 aromatic heterocycles. The van der Waals surface area contributed by atoms with Gasteiger partial charge in [-0.3, -0.25) is 4.72 Å². The SMILES string of the molecule is COc1ccc(NS(C)(=O)=O)cc1C=C1c2ccccc2CCc2ccccc21. The van der Waals surface area contributed by atoms with E-state index in [1.165, 1.54) is 22.3 Å². The highest BCUT2D eigenvalue weighted by atomic mass is 32.2. The van der Waals surface area contributed by atoms with Crippen molar-refractivity contribution in [3.8, 4) is 5.75 Å². The largest absolute Gasteiger partial charge is 0.496 e. The van der Waals surface area contributed by atoms with Crippen molar-refractivity contribution < 1.29 is 13.2 Å². The molecule has 4 nitrogen and oxygen atoms in total. The summed E-state index contributed by atoms with van der Waals surface area (Å²) in [7, 11) is -1.74. The van der Waals surface area contributed by atoms with Crippen molar-refractivity contribution in [1.29, 1.82) is 0 Å². The first kappa shape index (κ1) is 19.3. The molecule has 0 aliphatic heterocycles. The Balaban J connectivity index is 1.93. The van der Waals surface area contributed by atoms with Crippen LogP contribution in [-0.4, -0.2) is 21.8 Å². The number of rotatable bonds is 4. The summed E-state index contributed by atoms with van der Waals surface area (Å²) in [4.78, 5) is 0. The quantitative estimate of drug-likeness (QED) is 0.681. The Morgan fingerprint density at radius 2 is 1.48 bits per heavy atom. The Morgan fingerprint density at radius 3 is 2.03 bits per heavy atom. The Morgan fingerprint density at radius 1 is 0.897 bits per heavy atom. The van der Waals surface area contributed by atoms with Crippen molar-refractivity contribution in [2.24, 2.45) is 0 Å². The number of aryl methyl sites for hydroxylation is 2. The van der Waals surface area contributed by atoms with Crippen LogP contribution < -0.4 is 9.46 Å².